The van der Waals surface area contributed by atoms with Gasteiger partial charge in [0.25, 0.3) is 5.69 Å². The summed E-state index contributed by atoms with van der Waals surface area (Å²) in [6.07, 6.45) is 0.871. The van der Waals surface area contributed by atoms with Crippen LogP contribution in [0.5, 0.6) is 11.5 Å². The smallest absolute Gasteiger partial charge is 0.277 e. The standard InChI is InChI=1S/C22H29N3O4.ClH/c1-22(2)15-24(10-9-21(22)23)13-17-11-19(28-3)20(12-18(17)25(26)27)29-14-16-7-5-4-6-8-16;/h4-8,11-12,21H,9-10,13-15,23H2,1-3H3;1H. The van der Waals surface area contributed by atoms with Gasteiger partial charge in [-0.2, -0.15) is 0 Å². The molecule has 2 N–H and O–H groups in total. The molecule has 2 aromatic rings. The monoisotopic (exact) mass is 435 g/mol. The summed E-state index contributed by atoms with van der Waals surface area (Å²) in [5.41, 5.74) is 7.83. The second kappa shape index (κ2) is 10.1. The maximum atomic E-state index is 11.7. The molecule has 0 amide bonds. The number of ether oxygens (including phenoxy) is 2. The zero-order valence-corrected chi connectivity index (χ0v) is 18.5. The van der Waals surface area contributed by atoms with Crippen molar-refractivity contribution in [2.75, 3.05) is 20.2 Å². The fraction of sp³-hybridized carbons (Fsp3) is 0.455. The Hall–Kier alpha value is -2.35. The topological polar surface area (TPSA) is 90.9 Å². The molecule has 3 rings (SSSR count). The zero-order chi connectivity index (χ0) is 21.0. The van der Waals surface area contributed by atoms with Crippen molar-refractivity contribution < 1.29 is 14.4 Å². The lowest BCUT2D eigenvalue weighted by Crippen LogP contribution is -2.52. The predicted octanol–water partition coefficient (Wildman–Crippen LogP) is 4.16. The number of piperidine rings is 1. The number of hydrogen-bond donors (Lipinski definition) is 1. The summed E-state index contributed by atoms with van der Waals surface area (Å²) in [6, 6.07) is 13.0. The molecule has 8 heteroatoms. The van der Waals surface area contributed by atoms with Crippen molar-refractivity contribution in [2.45, 2.75) is 39.5 Å². The van der Waals surface area contributed by atoms with Crippen molar-refractivity contribution >= 4 is 18.1 Å². The van der Waals surface area contributed by atoms with E-state index in [1.165, 1.54) is 6.07 Å². The van der Waals surface area contributed by atoms with E-state index in [2.05, 4.69) is 18.7 Å². The molecular formula is C22H30ClN3O4. The van der Waals surface area contributed by atoms with E-state index in [4.69, 9.17) is 15.2 Å². The Labute approximate surface area is 183 Å². The fourth-order valence-corrected chi connectivity index (χ4v) is 3.76. The average molecular weight is 436 g/mol. The van der Waals surface area contributed by atoms with Crippen molar-refractivity contribution in [2.24, 2.45) is 11.1 Å². The molecule has 0 aliphatic carbocycles. The molecule has 164 valence electrons. The van der Waals surface area contributed by atoms with E-state index in [1.807, 2.05) is 30.3 Å². The van der Waals surface area contributed by atoms with Gasteiger partial charge in [0, 0.05) is 31.2 Å². The SMILES string of the molecule is COc1cc(CN2CCC(N)C(C)(C)C2)c([N+](=O)[O-])cc1OCc1ccccc1.Cl. The van der Waals surface area contributed by atoms with Crippen LogP contribution in [-0.4, -0.2) is 36.1 Å². The van der Waals surface area contributed by atoms with Gasteiger partial charge >= 0.3 is 0 Å². The van der Waals surface area contributed by atoms with Gasteiger partial charge < -0.3 is 15.2 Å². The highest BCUT2D eigenvalue weighted by atomic mass is 35.5. The first-order valence-corrected chi connectivity index (χ1v) is 9.80. The molecule has 2 aromatic carbocycles. The molecule has 0 bridgehead atoms. The molecule has 1 aliphatic rings. The third-order valence-electron chi connectivity index (χ3n) is 5.58. The number of rotatable bonds is 7. The number of nitro groups is 1. The van der Waals surface area contributed by atoms with Crippen LogP contribution in [-0.2, 0) is 13.2 Å². The number of nitro benzene ring substituents is 1. The highest BCUT2D eigenvalue weighted by molar-refractivity contribution is 5.85. The van der Waals surface area contributed by atoms with Gasteiger partial charge in [0.15, 0.2) is 11.5 Å². The molecule has 0 radical (unpaired) electrons. The average Bonchev–Trinajstić information content (AvgIpc) is 2.69. The van der Waals surface area contributed by atoms with Crippen LogP contribution in [0.25, 0.3) is 0 Å². The molecule has 1 heterocycles. The molecule has 30 heavy (non-hydrogen) atoms. The number of halogens is 1. The van der Waals surface area contributed by atoms with Crippen molar-refractivity contribution in [3.05, 3.63) is 63.7 Å². The summed E-state index contributed by atoms with van der Waals surface area (Å²) in [6.45, 7) is 6.67. The highest BCUT2D eigenvalue weighted by Gasteiger charge is 2.34. The lowest BCUT2D eigenvalue weighted by Gasteiger charge is -2.42. The lowest BCUT2D eigenvalue weighted by molar-refractivity contribution is -0.385. The number of methoxy groups -OCH3 is 1. The van der Waals surface area contributed by atoms with Crippen LogP contribution in [0.15, 0.2) is 42.5 Å². The van der Waals surface area contributed by atoms with Crippen molar-refractivity contribution in [1.29, 1.82) is 0 Å². The van der Waals surface area contributed by atoms with Crippen molar-refractivity contribution in [3.8, 4) is 11.5 Å². The normalized spacial score (nSPS) is 18.3. The predicted molar refractivity (Wildman–Crippen MR) is 119 cm³/mol. The van der Waals surface area contributed by atoms with E-state index in [1.54, 1.807) is 13.2 Å². The second-order valence-corrected chi connectivity index (χ2v) is 8.26. The minimum absolute atomic E-state index is 0. The summed E-state index contributed by atoms with van der Waals surface area (Å²) in [7, 11) is 1.54. The van der Waals surface area contributed by atoms with Crippen LogP contribution < -0.4 is 15.2 Å². The van der Waals surface area contributed by atoms with E-state index in [-0.39, 0.29) is 34.5 Å². The van der Waals surface area contributed by atoms with Crippen LogP contribution in [0.1, 0.15) is 31.4 Å². The van der Waals surface area contributed by atoms with Crippen LogP contribution >= 0.6 is 12.4 Å². The Balaban J connectivity index is 0.00000320. The van der Waals surface area contributed by atoms with E-state index >= 15 is 0 Å². The Morgan fingerprint density at radius 2 is 1.93 bits per heavy atom. The number of benzene rings is 2. The molecule has 1 fully saturated rings. The first-order valence-electron chi connectivity index (χ1n) is 9.80. The van der Waals surface area contributed by atoms with Gasteiger partial charge in [0.05, 0.1) is 18.1 Å². The van der Waals surface area contributed by atoms with Gasteiger partial charge in [0.2, 0.25) is 0 Å². The Morgan fingerprint density at radius 3 is 2.53 bits per heavy atom. The number of hydrogen-bond acceptors (Lipinski definition) is 6. The first kappa shape index (κ1) is 23.9. The number of nitrogens with zero attached hydrogens (tertiary/aromatic N) is 2. The Morgan fingerprint density at radius 1 is 1.23 bits per heavy atom. The Bertz CT molecular complexity index is 861. The molecule has 1 aliphatic heterocycles. The zero-order valence-electron chi connectivity index (χ0n) is 17.7. The van der Waals surface area contributed by atoms with Gasteiger partial charge in [-0.25, -0.2) is 0 Å². The van der Waals surface area contributed by atoms with E-state index in [9.17, 15) is 10.1 Å². The summed E-state index contributed by atoms with van der Waals surface area (Å²) in [5, 5.41) is 11.7. The highest BCUT2D eigenvalue weighted by Crippen LogP contribution is 2.37. The molecule has 7 nitrogen and oxygen atoms in total. The van der Waals surface area contributed by atoms with Crippen LogP contribution in [0, 0.1) is 15.5 Å². The molecule has 0 spiro atoms. The van der Waals surface area contributed by atoms with Gasteiger partial charge in [-0.05, 0) is 23.5 Å². The molecule has 0 saturated carbocycles. The van der Waals surface area contributed by atoms with E-state index < -0.39 is 0 Å². The summed E-state index contributed by atoms with van der Waals surface area (Å²) in [5.74, 6) is 0.863. The summed E-state index contributed by atoms with van der Waals surface area (Å²) in [4.78, 5) is 13.6. The van der Waals surface area contributed by atoms with Gasteiger partial charge in [-0.15, -0.1) is 12.4 Å². The largest absolute Gasteiger partial charge is 0.493 e. The minimum Gasteiger partial charge on any atom is -0.493 e. The molecule has 0 aromatic heterocycles. The van der Waals surface area contributed by atoms with Crippen molar-refractivity contribution in [1.82, 2.24) is 4.90 Å². The first-order chi connectivity index (χ1) is 13.8. The van der Waals surface area contributed by atoms with Crippen molar-refractivity contribution in [3.63, 3.8) is 0 Å². The Kier molecular flexibility index (Phi) is 8.06. The molecule has 1 atom stereocenters. The molecule has 1 unspecified atom stereocenters. The van der Waals surface area contributed by atoms with Gasteiger partial charge in [-0.3, -0.25) is 15.0 Å². The quantitative estimate of drug-likeness (QED) is 0.518. The van der Waals surface area contributed by atoms with E-state index in [0.29, 0.717) is 30.2 Å². The third kappa shape index (κ3) is 5.62. The number of nitrogens with two attached hydrogens (primary N) is 1. The second-order valence-electron chi connectivity index (χ2n) is 8.26. The van der Waals surface area contributed by atoms with Gasteiger partial charge in [-0.1, -0.05) is 44.2 Å². The van der Waals surface area contributed by atoms with Crippen LogP contribution in [0.4, 0.5) is 5.69 Å². The number of likely N-dealkylation sites (tertiary alicyclic amines) is 1. The fourth-order valence-electron chi connectivity index (χ4n) is 3.76. The summed E-state index contributed by atoms with van der Waals surface area (Å²) < 4.78 is 11.3. The maximum absolute atomic E-state index is 11.7. The third-order valence-corrected chi connectivity index (χ3v) is 5.58. The maximum Gasteiger partial charge on any atom is 0.277 e. The minimum atomic E-state index is -0.356. The van der Waals surface area contributed by atoms with E-state index in [0.717, 1.165) is 25.1 Å². The van der Waals surface area contributed by atoms with Gasteiger partial charge in [0.1, 0.15) is 6.61 Å². The molecular weight excluding hydrogens is 406 g/mol. The lowest BCUT2D eigenvalue weighted by atomic mass is 9.79. The van der Waals surface area contributed by atoms with Crippen LogP contribution in [0.3, 0.4) is 0 Å². The van der Waals surface area contributed by atoms with Crippen LogP contribution in [0.2, 0.25) is 0 Å². The molecule has 1 saturated heterocycles. The summed E-state index contributed by atoms with van der Waals surface area (Å²) >= 11 is 0.